The van der Waals surface area contributed by atoms with Gasteiger partial charge in [0.2, 0.25) is 5.82 Å². The third-order valence-electron chi connectivity index (χ3n) is 15.1. The summed E-state index contributed by atoms with van der Waals surface area (Å²) in [5.74, 6) is 9.39. The van der Waals surface area contributed by atoms with Crippen molar-refractivity contribution in [3.05, 3.63) is 242 Å². The van der Waals surface area contributed by atoms with Crippen LogP contribution in [0.1, 0.15) is 89.4 Å². The molecule has 13 aromatic rings. The molecule has 5 heterocycles. The van der Waals surface area contributed by atoms with Gasteiger partial charge in [0.15, 0.2) is 5.82 Å². The predicted molar refractivity (Wildman–Crippen MR) is 394 cm³/mol. The summed E-state index contributed by atoms with van der Waals surface area (Å²) in [5.41, 5.74) is 32.2. The minimum absolute atomic E-state index is 0.140. The number of anilines is 1. The molecule has 0 aliphatic carbocycles. The highest BCUT2D eigenvalue weighted by Gasteiger charge is 2.09. The zero-order valence-electron chi connectivity index (χ0n) is 56.8. The van der Waals surface area contributed by atoms with E-state index in [2.05, 4.69) is 143 Å². The molecule has 502 valence electrons. The number of methoxy groups -OCH3 is 4. The zero-order chi connectivity index (χ0) is 70.4. The maximum atomic E-state index is 11.4. The molecule has 0 aliphatic rings. The van der Waals surface area contributed by atoms with E-state index in [1.54, 1.807) is 34.5 Å². The molecular weight excluding hydrogens is 1240 g/mol. The van der Waals surface area contributed by atoms with Gasteiger partial charge in [-0.05, 0) is 197 Å². The summed E-state index contributed by atoms with van der Waals surface area (Å²) in [5, 5.41) is 51.7. The molecule has 0 atom stereocenters. The lowest BCUT2D eigenvalue weighted by molar-refractivity contribution is 0.414. The molecule has 0 saturated heterocycles. The Kier molecular flexibility index (Phi) is 28.8. The van der Waals surface area contributed by atoms with E-state index in [0.717, 1.165) is 132 Å². The van der Waals surface area contributed by atoms with E-state index in [-0.39, 0.29) is 5.82 Å². The van der Waals surface area contributed by atoms with Gasteiger partial charge in [-0.2, -0.15) is 30.8 Å². The Labute approximate surface area is 569 Å². The number of hydrogen-bond acceptors (Lipinski definition) is 16. The maximum absolute atomic E-state index is 11.4. The van der Waals surface area contributed by atoms with Gasteiger partial charge in [-0.25, -0.2) is 0 Å². The molecule has 0 unspecified atom stereocenters. The van der Waals surface area contributed by atoms with Crippen LogP contribution in [0.5, 0.6) is 23.0 Å². The maximum Gasteiger partial charge on any atom is 0.293 e. The van der Waals surface area contributed by atoms with Crippen LogP contribution in [0.15, 0.2) is 180 Å². The molecule has 0 aliphatic heterocycles. The number of nitrogen functional groups attached to an aromatic ring is 1. The summed E-state index contributed by atoms with van der Waals surface area (Å²) in [6, 6.07) is 57.0. The molecular formula is C74H85N17O5S. The van der Waals surface area contributed by atoms with E-state index in [4.69, 9.17) is 59.5 Å². The van der Waals surface area contributed by atoms with Crippen molar-refractivity contribution in [2.75, 3.05) is 34.2 Å². The number of aryl methyl sites for hydroxylation is 8. The van der Waals surface area contributed by atoms with E-state index in [1.165, 1.54) is 22.3 Å². The second-order valence-electron chi connectivity index (χ2n) is 21.5. The summed E-state index contributed by atoms with van der Waals surface area (Å²) in [6.07, 6.45) is 4.35. The minimum Gasteiger partial charge on any atom is -0.497 e. The number of fused-ring (bicyclic) bond motifs is 4. The van der Waals surface area contributed by atoms with Gasteiger partial charge in [0, 0.05) is 61.0 Å². The van der Waals surface area contributed by atoms with Gasteiger partial charge in [0.1, 0.15) is 33.8 Å². The van der Waals surface area contributed by atoms with Crippen molar-refractivity contribution in [2.45, 2.75) is 81.1 Å². The molecule has 22 nitrogen and oxygen atoms in total. The first-order valence-corrected chi connectivity index (χ1v) is 31.5. The van der Waals surface area contributed by atoms with Crippen molar-refractivity contribution in [3.63, 3.8) is 0 Å². The molecule has 23 heteroatoms. The minimum atomic E-state index is -0.441. The van der Waals surface area contributed by atoms with Gasteiger partial charge in [-0.3, -0.25) is 25.2 Å². The van der Waals surface area contributed by atoms with Crippen LogP contribution >= 0.6 is 12.2 Å². The summed E-state index contributed by atoms with van der Waals surface area (Å²) in [7, 11) is 6.73. The van der Waals surface area contributed by atoms with Gasteiger partial charge in [-0.1, -0.05) is 88.4 Å². The van der Waals surface area contributed by atoms with Gasteiger partial charge in [-0.15, -0.1) is 10.2 Å². The number of hydrogen-bond donors (Lipinski definition) is 9. The van der Waals surface area contributed by atoms with Crippen molar-refractivity contribution < 1.29 is 18.9 Å². The van der Waals surface area contributed by atoms with Crippen LogP contribution in [0.2, 0.25) is 0 Å². The van der Waals surface area contributed by atoms with E-state index in [9.17, 15) is 4.79 Å². The summed E-state index contributed by atoms with van der Waals surface area (Å²) >= 11 is 4.89. The average molecular weight is 1320 g/mol. The Balaban J connectivity index is 0.000000177. The highest BCUT2D eigenvalue weighted by Crippen LogP contribution is 2.23. The van der Waals surface area contributed by atoms with Crippen molar-refractivity contribution in [1.82, 2.24) is 56.0 Å². The lowest BCUT2D eigenvalue weighted by Gasteiger charge is -2.00. The number of nitrogens with two attached hydrogens (primary N) is 4. The highest BCUT2D eigenvalue weighted by atomic mass is 32.1. The molecule has 0 bridgehead atoms. The number of ether oxygens (including phenoxy) is 4. The van der Waals surface area contributed by atoms with Crippen molar-refractivity contribution >= 4 is 72.5 Å². The first-order valence-electron chi connectivity index (χ1n) is 31.1. The first kappa shape index (κ1) is 74.1. The molecule has 0 amide bonds. The lowest BCUT2D eigenvalue weighted by Crippen LogP contribution is -2.16. The molecule has 0 radical (unpaired) electrons. The number of aromatic nitrogens is 11. The molecule has 13 N–H and O–H groups in total. The smallest absolute Gasteiger partial charge is 0.293 e. The van der Waals surface area contributed by atoms with Gasteiger partial charge in [0.25, 0.3) is 5.56 Å². The Bertz CT molecular complexity index is 4440. The molecule has 8 aromatic carbocycles. The standard InChI is InChI=1S/C11H10N6O.C9H11N5.C9H9N3S.C9H7N3.4C9H12O/c1-5-7-4-6(2-3-8(7)15-14-5)10-13-11(18)9(12)16-17-10;1-5-7-4-6(9(10)12-11)2-3-8(7)14-13-5;1-5-7-4-6(9(10)13)2-3-8(7)12-11-5;1-6-8-4-7(5-10)2-3-9(8)12-11-6;4*1-3-8-4-6-9(10-2)7-5-8/h2-4H,1H3,(H2,12,16)(H,14,15)(H,13,17,18);2-4H,11H2,1H3,(H2,10,12)(H,13,14);2-4H,1H3,(H2,10,13)(H,11,12);2-4H,1H3,(H,11,12);4*4-7H,3H2,1-2H3. The fraction of sp³-hybridized carbons (Fsp3) is 0.216. The van der Waals surface area contributed by atoms with Crippen LogP contribution in [0.25, 0.3) is 55.0 Å². The number of nitrogens with one attached hydrogen (secondary N) is 5. The predicted octanol–water partition coefficient (Wildman–Crippen LogP) is 13.3. The van der Waals surface area contributed by atoms with Crippen molar-refractivity contribution in [1.29, 1.82) is 5.26 Å². The van der Waals surface area contributed by atoms with E-state index < -0.39 is 5.56 Å². The molecule has 0 spiro atoms. The van der Waals surface area contributed by atoms with E-state index in [0.29, 0.717) is 22.2 Å². The number of H-pyrrole nitrogens is 5. The number of nitriles is 1. The Hall–Kier alpha value is -11.9. The third-order valence-corrected chi connectivity index (χ3v) is 15.3. The van der Waals surface area contributed by atoms with E-state index in [1.807, 2.05) is 143 Å². The van der Waals surface area contributed by atoms with Crippen LogP contribution in [0, 0.1) is 39.0 Å². The van der Waals surface area contributed by atoms with Crippen LogP contribution < -0.4 is 47.6 Å². The lowest BCUT2D eigenvalue weighted by atomic mass is 10.1. The van der Waals surface area contributed by atoms with Crippen molar-refractivity contribution in [2.24, 2.45) is 22.4 Å². The fourth-order valence-electron chi connectivity index (χ4n) is 9.08. The number of hydrazone groups is 1. The first-order chi connectivity index (χ1) is 46.8. The Morgan fingerprint density at radius 1 is 0.474 bits per heavy atom. The summed E-state index contributed by atoms with van der Waals surface area (Å²) in [6.45, 7) is 16.4. The van der Waals surface area contributed by atoms with Crippen LogP contribution in [0.4, 0.5) is 5.82 Å². The number of thiocarbonyl (C=S) groups is 1. The second-order valence-corrected chi connectivity index (χ2v) is 21.9. The summed E-state index contributed by atoms with van der Waals surface area (Å²) in [4.78, 5) is 14.4. The van der Waals surface area contributed by atoms with Gasteiger partial charge in [0.05, 0.1) is 62.1 Å². The second kappa shape index (κ2) is 37.7. The largest absolute Gasteiger partial charge is 0.497 e. The van der Waals surface area contributed by atoms with Crippen LogP contribution in [-0.4, -0.2) is 95.2 Å². The van der Waals surface area contributed by atoms with Crippen LogP contribution in [-0.2, 0) is 25.7 Å². The quantitative estimate of drug-likeness (QED) is 0.0191. The summed E-state index contributed by atoms with van der Waals surface area (Å²) < 4.78 is 20.1. The van der Waals surface area contributed by atoms with Gasteiger partial charge < -0.3 is 47.0 Å². The number of rotatable bonds is 11. The number of benzene rings is 8. The number of nitrogens with zero attached hydrogens (tertiary/aromatic N) is 8. The highest BCUT2D eigenvalue weighted by molar-refractivity contribution is 7.80. The molecule has 0 saturated carbocycles. The van der Waals surface area contributed by atoms with E-state index >= 15 is 0 Å². The monoisotopic (exact) mass is 1320 g/mol. The molecule has 13 rings (SSSR count). The topological polar surface area (TPSA) is 351 Å². The van der Waals surface area contributed by atoms with Crippen LogP contribution in [0.3, 0.4) is 0 Å². The third kappa shape index (κ3) is 21.8. The van der Waals surface area contributed by atoms with Crippen molar-refractivity contribution in [3.8, 4) is 40.5 Å². The fourth-order valence-corrected chi connectivity index (χ4v) is 9.20. The average Bonchev–Trinajstić information content (AvgIpc) is 1.80. The zero-order valence-corrected chi connectivity index (χ0v) is 57.6. The number of amidine groups is 1. The number of aromatic amines is 5. The Morgan fingerprint density at radius 3 is 1.13 bits per heavy atom. The molecule has 5 aromatic heterocycles. The SMILES string of the molecule is CCc1ccc(OC)cc1.CCc1ccc(OC)cc1.CCc1ccc(OC)cc1.CCc1ccc(OC)cc1.Cc1[nH]nc2ccc(-c3nnc(N)c(=O)[nH]3)cc12.Cc1[nH]nc2ccc(C#N)cc12.Cc1[nH]nc2ccc(C(N)=NN)cc12.Cc1[nH]nc2ccc(C(N)=S)cc12. The Morgan fingerprint density at radius 2 is 0.804 bits per heavy atom. The molecule has 0 fully saturated rings. The van der Waals surface area contributed by atoms with Gasteiger partial charge >= 0.3 is 0 Å². The normalized spacial score (nSPS) is 10.3. The molecule has 97 heavy (non-hydrogen) atoms.